The molecular formula is C26H34N2O6. The van der Waals surface area contributed by atoms with Crippen molar-refractivity contribution in [3.05, 3.63) is 65.7 Å². The molecule has 2 amide bonds. The fraction of sp³-hybridized carbons (Fsp3) is 0.423. The molecule has 0 aliphatic rings. The van der Waals surface area contributed by atoms with Gasteiger partial charge in [0.25, 0.3) is 0 Å². The zero-order valence-corrected chi connectivity index (χ0v) is 20.3. The van der Waals surface area contributed by atoms with Crippen molar-refractivity contribution in [2.75, 3.05) is 0 Å². The van der Waals surface area contributed by atoms with Crippen molar-refractivity contribution in [1.29, 1.82) is 0 Å². The van der Waals surface area contributed by atoms with E-state index in [1.807, 2.05) is 30.3 Å². The number of carbonyl (C=O) groups excluding carboxylic acids is 3. The van der Waals surface area contributed by atoms with E-state index in [2.05, 4.69) is 10.6 Å². The van der Waals surface area contributed by atoms with Crippen LogP contribution in [0, 0.1) is 5.92 Å². The Bertz CT molecular complexity index is 952. The number of hydrogen-bond donors (Lipinski definition) is 3. The first-order chi connectivity index (χ1) is 15.9. The Labute approximate surface area is 200 Å². The standard InChI is InChI=1S/C26H34N2O6/c1-17(2)22(24(31)33-16-19-9-7-6-8-10-19)28-23(30)21(27-25(32)34-26(3,4)5)15-18-11-13-20(29)14-12-18/h6-14,17,21-22,29H,15-16H2,1-5H3,(H,27,32)(H,28,30)/t21-,22+/m1/s1. The van der Waals surface area contributed by atoms with Crippen molar-refractivity contribution in [2.45, 2.75) is 65.3 Å². The molecule has 8 heteroatoms. The molecule has 2 atom stereocenters. The fourth-order valence-corrected chi connectivity index (χ4v) is 3.10. The van der Waals surface area contributed by atoms with Crippen molar-refractivity contribution in [3.63, 3.8) is 0 Å². The molecule has 2 rings (SSSR count). The predicted octanol–water partition coefficient (Wildman–Crippen LogP) is 3.71. The van der Waals surface area contributed by atoms with Crippen LogP contribution in [0.4, 0.5) is 4.79 Å². The smallest absolute Gasteiger partial charge is 0.408 e. The molecule has 0 heterocycles. The van der Waals surface area contributed by atoms with Gasteiger partial charge in [-0.1, -0.05) is 56.3 Å². The van der Waals surface area contributed by atoms with Crippen LogP contribution < -0.4 is 10.6 Å². The molecule has 184 valence electrons. The first kappa shape index (κ1) is 26.7. The van der Waals surface area contributed by atoms with Gasteiger partial charge >= 0.3 is 12.1 Å². The molecule has 2 aromatic rings. The lowest BCUT2D eigenvalue weighted by Gasteiger charge is -2.26. The highest BCUT2D eigenvalue weighted by Crippen LogP contribution is 2.14. The van der Waals surface area contributed by atoms with Crippen LogP contribution in [-0.2, 0) is 32.1 Å². The number of nitrogens with one attached hydrogen (secondary N) is 2. The first-order valence-electron chi connectivity index (χ1n) is 11.2. The Morgan fingerprint density at radius 3 is 2.09 bits per heavy atom. The second-order valence-corrected chi connectivity index (χ2v) is 9.39. The number of alkyl carbamates (subject to hydrolysis) is 1. The molecule has 0 bridgehead atoms. The summed E-state index contributed by atoms with van der Waals surface area (Å²) in [7, 11) is 0. The summed E-state index contributed by atoms with van der Waals surface area (Å²) in [4.78, 5) is 38.3. The summed E-state index contributed by atoms with van der Waals surface area (Å²) in [5.74, 6) is -1.27. The highest BCUT2D eigenvalue weighted by Gasteiger charge is 2.31. The molecule has 0 fully saturated rings. The van der Waals surface area contributed by atoms with E-state index < -0.39 is 35.7 Å². The summed E-state index contributed by atoms with van der Waals surface area (Å²) in [6, 6.07) is 13.6. The summed E-state index contributed by atoms with van der Waals surface area (Å²) < 4.78 is 10.7. The third kappa shape index (κ3) is 9.13. The number of amides is 2. The molecule has 0 unspecified atom stereocenters. The van der Waals surface area contributed by atoms with E-state index in [1.165, 1.54) is 12.1 Å². The summed E-state index contributed by atoms with van der Waals surface area (Å²) in [6.45, 7) is 8.85. The molecule has 0 saturated heterocycles. The van der Waals surface area contributed by atoms with E-state index in [9.17, 15) is 19.5 Å². The Morgan fingerprint density at radius 1 is 0.912 bits per heavy atom. The maximum Gasteiger partial charge on any atom is 0.408 e. The van der Waals surface area contributed by atoms with Gasteiger partial charge in [-0.05, 0) is 49.9 Å². The van der Waals surface area contributed by atoms with E-state index in [0.29, 0.717) is 5.56 Å². The molecule has 0 spiro atoms. The zero-order valence-electron chi connectivity index (χ0n) is 20.3. The lowest BCUT2D eigenvalue weighted by Crippen LogP contribution is -2.54. The van der Waals surface area contributed by atoms with E-state index in [1.54, 1.807) is 46.8 Å². The van der Waals surface area contributed by atoms with Crippen molar-refractivity contribution in [1.82, 2.24) is 10.6 Å². The van der Waals surface area contributed by atoms with Gasteiger partial charge in [0.05, 0.1) is 0 Å². The van der Waals surface area contributed by atoms with Crippen molar-refractivity contribution < 1.29 is 29.0 Å². The average Bonchev–Trinajstić information content (AvgIpc) is 2.76. The van der Waals surface area contributed by atoms with Crippen LogP contribution in [-0.4, -0.2) is 40.8 Å². The van der Waals surface area contributed by atoms with Crippen LogP contribution in [0.25, 0.3) is 0 Å². The molecule has 0 aromatic heterocycles. The third-order valence-corrected chi connectivity index (χ3v) is 4.83. The summed E-state index contributed by atoms with van der Waals surface area (Å²) in [5, 5.41) is 14.8. The summed E-state index contributed by atoms with van der Waals surface area (Å²) >= 11 is 0. The van der Waals surface area contributed by atoms with Crippen LogP contribution in [0.15, 0.2) is 54.6 Å². The van der Waals surface area contributed by atoms with Crippen molar-refractivity contribution >= 4 is 18.0 Å². The number of phenols is 1. The number of aromatic hydroxyl groups is 1. The number of phenolic OH excluding ortho intramolecular Hbond substituents is 1. The Kier molecular flexibility index (Phi) is 9.47. The van der Waals surface area contributed by atoms with E-state index >= 15 is 0 Å². The first-order valence-corrected chi connectivity index (χ1v) is 11.2. The molecular weight excluding hydrogens is 436 g/mol. The maximum atomic E-state index is 13.2. The number of carbonyl (C=O) groups is 3. The van der Waals surface area contributed by atoms with Gasteiger partial charge in [0, 0.05) is 6.42 Å². The van der Waals surface area contributed by atoms with Gasteiger partial charge in [0.15, 0.2) is 0 Å². The van der Waals surface area contributed by atoms with Crippen LogP contribution in [0.1, 0.15) is 45.7 Å². The van der Waals surface area contributed by atoms with Crippen LogP contribution >= 0.6 is 0 Å². The number of ether oxygens (including phenoxy) is 2. The maximum absolute atomic E-state index is 13.2. The van der Waals surface area contributed by atoms with E-state index in [-0.39, 0.29) is 24.7 Å². The van der Waals surface area contributed by atoms with Crippen LogP contribution in [0.5, 0.6) is 5.75 Å². The van der Waals surface area contributed by atoms with Gasteiger partial charge in [0.2, 0.25) is 5.91 Å². The minimum Gasteiger partial charge on any atom is -0.508 e. The lowest BCUT2D eigenvalue weighted by molar-refractivity contribution is -0.150. The molecule has 2 aromatic carbocycles. The van der Waals surface area contributed by atoms with Gasteiger partial charge in [-0.15, -0.1) is 0 Å². The monoisotopic (exact) mass is 470 g/mol. The number of rotatable bonds is 9. The van der Waals surface area contributed by atoms with Crippen molar-refractivity contribution in [2.24, 2.45) is 5.92 Å². The fourth-order valence-electron chi connectivity index (χ4n) is 3.10. The molecule has 0 aliphatic heterocycles. The molecule has 8 nitrogen and oxygen atoms in total. The van der Waals surface area contributed by atoms with Crippen LogP contribution in [0.3, 0.4) is 0 Å². The number of esters is 1. The number of hydrogen-bond acceptors (Lipinski definition) is 6. The Balaban J connectivity index is 2.13. The Morgan fingerprint density at radius 2 is 1.53 bits per heavy atom. The molecule has 34 heavy (non-hydrogen) atoms. The van der Waals surface area contributed by atoms with Gasteiger partial charge in [-0.2, -0.15) is 0 Å². The van der Waals surface area contributed by atoms with Crippen molar-refractivity contribution in [3.8, 4) is 5.75 Å². The SMILES string of the molecule is CC(C)[C@H](NC(=O)[C@@H](Cc1ccc(O)cc1)NC(=O)OC(C)(C)C)C(=O)OCc1ccccc1. The third-order valence-electron chi connectivity index (χ3n) is 4.83. The van der Waals surface area contributed by atoms with Gasteiger partial charge in [0.1, 0.15) is 30.0 Å². The minimum atomic E-state index is -1.01. The van der Waals surface area contributed by atoms with Crippen LogP contribution in [0.2, 0.25) is 0 Å². The topological polar surface area (TPSA) is 114 Å². The van der Waals surface area contributed by atoms with Gasteiger partial charge in [-0.25, -0.2) is 9.59 Å². The highest BCUT2D eigenvalue weighted by molar-refractivity contribution is 5.90. The summed E-state index contributed by atoms with van der Waals surface area (Å²) in [6.07, 6.45) is -0.617. The van der Waals surface area contributed by atoms with Gasteiger partial charge < -0.3 is 25.2 Å². The molecule has 3 N–H and O–H groups in total. The van der Waals surface area contributed by atoms with E-state index in [0.717, 1.165) is 5.56 Å². The summed E-state index contributed by atoms with van der Waals surface area (Å²) in [5.41, 5.74) is 0.800. The van der Waals surface area contributed by atoms with Gasteiger partial charge in [-0.3, -0.25) is 4.79 Å². The second kappa shape index (κ2) is 12.1. The number of benzene rings is 2. The largest absolute Gasteiger partial charge is 0.508 e. The normalized spacial score (nSPS) is 13.0. The predicted molar refractivity (Wildman–Crippen MR) is 128 cm³/mol. The molecule has 0 aliphatic carbocycles. The van der Waals surface area contributed by atoms with E-state index in [4.69, 9.17) is 9.47 Å². The molecule has 0 saturated carbocycles. The minimum absolute atomic E-state index is 0.0888. The Hall–Kier alpha value is -3.55. The zero-order chi connectivity index (χ0) is 25.3. The highest BCUT2D eigenvalue weighted by atomic mass is 16.6. The quantitative estimate of drug-likeness (QED) is 0.482. The average molecular weight is 471 g/mol. The molecule has 0 radical (unpaired) electrons. The second-order valence-electron chi connectivity index (χ2n) is 9.39. The lowest BCUT2D eigenvalue weighted by atomic mass is 10.0.